The van der Waals surface area contributed by atoms with E-state index in [9.17, 15) is 4.79 Å². The molecule has 16 heavy (non-hydrogen) atoms. The molecule has 2 heteroatoms. The average molecular weight is 226 g/mol. The van der Waals surface area contributed by atoms with E-state index in [1.54, 1.807) is 7.11 Å². The first kappa shape index (κ1) is 13.7. The Hall–Kier alpha value is -0.370. The maximum Gasteiger partial charge on any atom is 0.164 e. The van der Waals surface area contributed by atoms with Gasteiger partial charge in [-0.05, 0) is 31.6 Å². The second-order valence-corrected chi connectivity index (χ2v) is 5.28. The molecule has 0 N–H and O–H groups in total. The number of carbonyl (C=O) groups excluding carboxylic acids is 1. The summed E-state index contributed by atoms with van der Waals surface area (Å²) in [7, 11) is 1.70. The molecule has 0 aliphatic heterocycles. The first-order chi connectivity index (χ1) is 7.64. The van der Waals surface area contributed by atoms with Crippen LogP contribution >= 0.6 is 0 Å². The molecule has 1 fully saturated rings. The second kappa shape index (κ2) is 6.39. The van der Waals surface area contributed by atoms with Crippen LogP contribution in [0.15, 0.2) is 0 Å². The average Bonchev–Trinajstić information content (AvgIpc) is 2.29. The van der Waals surface area contributed by atoms with Gasteiger partial charge in [0, 0.05) is 13.5 Å². The van der Waals surface area contributed by atoms with Crippen molar-refractivity contribution in [1.82, 2.24) is 0 Å². The lowest BCUT2D eigenvalue weighted by atomic mass is 9.75. The number of carbonyl (C=O) groups is 1. The van der Waals surface area contributed by atoms with E-state index in [2.05, 4.69) is 13.8 Å². The van der Waals surface area contributed by atoms with E-state index >= 15 is 0 Å². The Morgan fingerprint density at radius 1 is 1.44 bits per heavy atom. The van der Waals surface area contributed by atoms with E-state index < -0.39 is 5.60 Å². The maximum absolute atomic E-state index is 12.2. The van der Waals surface area contributed by atoms with E-state index in [0.717, 1.165) is 32.1 Å². The van der Waals surface area contributed by atoms with Crippen molar-refractivity contribution in [2.45, 2.75) is 70.8 Å². The minimum Gasteiger partial charge on any atom is -0.370 e. The van der Waals surface area contributed by atoms with Gasteiger partial charge >= 0.3 is 0 Å². The number of hydrogen-bond acceptors (Lipinski definition) is 2. The molecule has 0 aromatic heterocycles. The molecule has 2 unspecified atom stereocenters. The highest BCUT2D eigenvalue weighted by Crippen LogP contribution is 2.36. The number of unbranched alkanes of at least 4 members (excludes halogenated alkanes) is 2. The summed E-state index contributed by atoms with van der Waals surface area (Å²) < 4.78 is 5.59. The Kier molecular flexibility index (Phi) is 5.47. The molecule has 0 radical (unpaired) electrons. The fourth-order valence-corrected chi connectivity index (χ4v) is 2.82. The van der Waals surface area contributed by atoms with Crippen molar-refractivity contribution in [3.63, 3.8) is 0 Å². The Morgan fingerprint density at radius 3 is 2.75 bits per heavy atom. The zero-order valence-electron chi connectivity index (χ0n) is 11.1. The van der Waals surface area contributed by atoms with Crippen molar-refractivity contribution in [3.05, 3.63) is 0 Å². The number of ether oxygens (including phenoxy) is 1. The van der Waals surface area contributed by atoms with Crippen LogP contribution in [-0.4, -0.2) is 18.5 Å². The monoisotopic (exact) mass is 226 g/mol. The largest absolute Gasteiger partial charge is 0.370 e. The Bertz CT molecular complexity index is 225. The summed E-state index contributed by atoms with van der Waals surface area (Å²) in [6.07, 6.45) is 8.28. The summed E-state index contributed by atoms with van der Waals surface area (Å²) in [5.41, 5.74) is -0.439. The molecule has 1 aliphatic carbocycles. The molecule has 1 saturated carbocycles. The van der Waals surface area contributed by atoms with Crippen LogP contribution in [0.25, 0.3) is 0 Å². The van der Waals surface area contributed by atoms with Gasteiger partial charge in [0.1, 0.15) is 5.60 Å². The van der Waals surface area contributed by atoms with Gasteiger partial charge < -0.3 is 4.74 Å². The first-order valence-corrected chi connectivity index (χ1v) is 6.73. The van der Waals surface area contributed by atoms with Crippen molar-refractivity contribution in [2.75, 3.05) is 7.11 Å². The highest BCUT2D eigenvalue weighted by molar-refractivity contribution is 5.87. The summed E-state index contributed by atoms with van der Waals surface area (Å²) >= 11 is 0. The van der Waals surface area contributed by atoms with Gasteiger partial charge in [-0.3, -0.25) is 4.79 Å². The van der Waals surface area contributed by atoms with Crippen LogP contribution in [0, 0.1) is 5.92 Å². The molecule has 0 saturated heterocycles. The minimum atomic E-state index is -0.439. The molecule has 1 rings (SSSR count). The molecule has 0 spiro atoms. The number of hydrogen-bond donors (Lipinski definition) is 0. The molecule has 2 atom stereocenters. The normalized spacial score (nSPS) is 30.3. The zero-order chi connectivity index (χ0) is 12.0. The molecule has 0 aromatic rings. The summed E-state index contributed by atoms with van der Waals surface area (Å²) in [4.78, 5) is 12.2. The standard InChI is InChI=1S/C14H26O2/c1-4-5-6-9-13(15)14(16-3)10-7-8-12(2)11-14/h12H,4-11H2,1-3H3. The lowest BCUT2D eigenvalue weighted by Crippen LogP contribution is -2.44. The predicted molar refractivity (Wildman–Crippen MR) is 66.5 cm³/mol. The van der Waals surface area contributed by atoms with Gasteiger partial charge in [-0.2, -0.15) is 0 Å². The number of methoxy groups -OCH3 is 1. The third-order valence-corrected chi connectivity index (χ3v) is 3.86. The molecular formula is C14H26O2. The van der Waals surface area contributed by atoms with Gasteiger partial charge in [0.25, 0.3) is 0 Å². The third kappa shape index (κ3) is 3.31. The Labute approximate surface area is 99.8 Å². The number of Topliss-reactive ketones (excluding diaryl/α,β-unsaturated/α-hetero) is 1. The van der Waals surface area contributed by atoms with Crippen molar-refractivity contribution < 1.29 is 9.53 Å². The summed E-state index contributed by atoms with van der Waals surface area (Å²) in [6.45, 7) is 4.39. The minimum absolute atomic E-state index is 0.343. The van der Waals surface area contributed by atoms with Gasteiger partial charge in [-0.1, -0.05) is 33.1 Å². The molecule has 0 aromatic carbocycles. The zero-order valence-corrected chi connectivity index (χ0v) is 11.1. The van der Waals surface area contributed by atoms with Gasteiger partial charge in [0.05, 0.1) is 0 Å². The van der Waals surface area contributed by atoms with E-state index in [1.807, 2.05) is 0 Å². The summed E-state index contributed by atoms with van der Waals surface area (Å²) in [5.74, 6) is 0.971. The van der Waals surface area contributed by atoms with E-state index in [4.69, 9.17) is 4.74 Å². The van der Waals surface area contributed by atoms with E-state index in [-0.39, 0.29) is 0 Å². The molecular weight excluding hydrogens is 200 g/mol. The molecule has 2 nitrogen and oxygen atoms in total. The molecule has 1 aliphatic rings. The lowest BCUT2D eigenvalue weighted by molar-refractivity contribution is -0.147. The fourth-order valence-electron chi connectivity index (χ4n) is 2.82. The molecule has 94 valence electrons. The van der Waals surface area contributed by atoms with Crippen LogP contribution in [0.2, 0.25) is 0 Å². The Balaban J connectivity index is 2.53. The highest BCUT2D eigenvalue weighted by Gasteiger charge is 2.40. The fraction of sp³-hybridized carbons (Fsp3) is 0.929. The van der Waals surface area contributed by atoms with Gasteiger partial charge in [0.2, 0.25) is 0 Å². The van der Waals surface area contributed by atoms with Crippen molar-refractivity contribution in [3.8, 4) is 0 Å². The van der Waals surface area contributed by atoms with Crippen LogP contribution in [0.5, 0.6) is 0 Å². The second-order valence-electron chi connectivity index (χ2n) is 5.28. The van der Waals surface area contributed by atoms with Crippen LogP contribution in [0.4, 0.5) is 0 Å². The Morgan fingerprint density at radius 2 is 2.19 bits per heavy atom. The predicted octanol–water partition coefficient (Wildman–Crippen LogP) is 3.73. The smallest absolute Gasteiger partial charge is 0.164 e. The molecule has 0 amide bonds. The quantitative estimate of drug-likeness (QED) is 0.645. The van der Waals surface area contributed by atoms with E-state index in [0.29, 0.717) is 18.1 Å². The lowest BCUT2D eigenvalue weighted by Gasteiger charge is -2.37. The van der Waals surface area contributed by atoms with Gasteiger partial charge in [0.15, 0.2) is 5.78 Å². The highest BCUT2D eigenvalue weighted by atomic mass is 16.5. The van der Waals surface area contributed by atoms with Crippen LogP contribution in [0.3, 0.4) is 0 Å². The topological polar surface area (TPSA) is 26.3 Å². The van der Waals surface area contributed by atoms with Crippen LogP contribution in [-0.2, 0) is 9.53 Å². The van der Waals surface area contributed by atoms with Crippen molar-refractivity contribution in [1.29, 1.82) is 0 Å². The van der Waals surface area contributed by atoms with Gasteiger partial charge in [-0.15, -0.1) is 0 Å². The maximum atomic E-state index is 12.2. The third-order valence-electron chi connectivity index (χ3n) is 3.86. The van der Waals surface area contributed by atoms with Crippen molar-refractivity contribution in [2.24, 2.45) is 5.92 Å². The first-order valence-electron chi connectivity index (χ1n) is 6.73. The summed E-state index contributed by atoms with van der Waals surface area (Å²) in [5, 5.41) is 0. The summed E-state index contributed by atoms with van der Waals surface area (Å²) in [6, 6.07) is 0. The van der Waals surface area contributed by atoms with Crippen molar-refractivity contribution >= 4 is 5.78 Å². The molecule has 0 heterocycles. The van der Waals surface area contributed by atoms with Crippen LogP contribution < -0.4 is 0 Å². The van der Waals surface area contributed by atoms with E-state index in [1.165, 1.54) is 12.8 Å². The van der Waals surface area contributed by atoms with Crippen LogP contribution in [0.1, 0.15) is 65.2 Å². The number of rotatable bonds is 6. The van der Waals surface area contributed by atoms with Gasteiger partial charge in [-0.25, -0.2) is 0 Å². The number of ketones is 1. The molecule has 0 bridgehead atoms. The SMILES string of the molecule is CCCCCC(=O)C1(OC)CCCC(C)C1.